The normalized spacial score (nSPS) is 23.0. The highest BCUT2D eigenvalue weighted by Gasteiger charge is 2.44. The number of hydrogen-bond acceptors (Lipinski definition) is 8. The zero-order valence-corrected chi connectivity index (χ0v) is 22.9. The van der Waals surface area contributed by atoms with E-state index in [9.17, 15) is 25.2 Å². The molecule has 7 N–H and O–H groups in total. The Hall–Kier alpha value is -3.02. The minimum absolute atomic E-state index is 0.385. The number of ether oxygens (including phenoxy) is 2. The molecule has 1 aliphatic heterocycles. The van der Waals surface area contributed by atoms with Crippen LogP contribution in [-0.2, 0) is 22.4 Å². The van der Waals surface area contributed by atoms with Crippen LogP contribution in [-0.4, -0.2) is 75.2 Å². The average molecular weight is 574 g/mol. The van der Waals surface area contributed by atoms with E-state index in [1.54, 1.807) is 12.1 Å². The SMILES string of the molecule is CCOc1ccc(Cc2cc([C@@H]3O[C@H](CO)[C@@H](O)[C@H](O)[C@H]3O)ccc2Cl)cc1.N[C@@H](Cc1ccccc1)C(=O)O. The van der Waals surface area contributed by atoms with E-state index in [4.69, 9.17) is 31.9 Å². The molecule has 0 saturated carbocycles. The summed E-state index contributed by atoms with van der Waals surface area (Å²) in [5.41, 5.74) is 8.79. The number of halogens is 1. The highest BCUT2D eigenvalue weighted by atomic mass is 35.5. The van der Waals surface area contributed by atoms with Crippen LogP contribution in [0.1, 0.15) is 35.3 Å². The second-order valence-corrected chi connectivity index (χ2v) is 9.90. The summed E-state index contributed by atoms with van der Waals surface area (Å²) in [6.07, 6.45) is -5.00. The van der Waals surface area contributed by atoms with Gasteiger partial charge in [-0.25, -0.2) is 0 Å². The predicted octanol–water partition coefficient (Wildman–Crippen LogP) is 2.49. The topological polar surface area (TPSA) is 163 Å². The molecule has 1 saturated heterocycles. The van der Waals surface area contributed by atoms with Crippen LogP contribution in [0.15, 0.2) is 72.8 Å². The Morgan fingerprint density at radius 3 is 2.25 bits per heavy atom. The number of aliphatic hydroxyl groups excluding tert-OH is 4. The molecule has 0 bridgehead atoms. The van der Waals surface area contributed by atoms with Gasteiger partial charge in [0.2, 0.25) is 0 Å². The van der Waals surface area contributed by atoms with Gasteiger partial charge in [-0.2, -0.15) is 0 Å². The molecule has 0 aromatic heterocycles. The molecule has 1 fully saturated rings. The number of aliphatic carboxylic acids is 1. The number of carboxylic acid groups (broad SMARTS) is 1. The van der Waals surface area contributed by atoms with Crippen molar-refractivity contribution in [1.29, 1.82) is 0 Å². The Morgan fingerprint density at radius 2 is 1.65 bits per heavy atom. The molecule has 0 radical (unpaired) electrons. The molecule has 40 heavy (non-hydrogen) atoms. The molecule has 9 nitrogen and oxygen atoms in total. The summed E-state index contributed by atoms with van der Waals surface area (Å²) in [5, 5.41) is 48.8. The van der Waals surface area contributed by atoms with Gasteiger partial charge in [-0.1, -0.05) is 66.2 Å². The van der Waals surface area contributed by atoms with Gasteiger partial charge in [0.15, 0.2) is 0 Å². The zero-order chi connectivity index (χ0) is 29.2. The monoisotopic (exact) mass is 573 g/mol. The maximum Gasteiger partial charge on any atom is 0.320 e. The number of aliphatic hydroxyl groups is 4. The number of carboxylic acids is 1. The number of rotatable bonds is 9. The third kappa shape index (κ3) is 8.49. The lowest BCUT2D eigenvalue weighted by molar-refractivity contribution is -0.231. The van der Waals surface area contributed by atoms with Crippen molar-refractivity contribution in [3.8, 4) is 5.75 Å². The molecule has 1 aliphatic rings. The molecular weight excluding hydrogens is 538 g/mol. The van der Waals surface area contributed by atoms with Crippen molar-refractivity contribution in [2.75, 3.05) is 13.2 Å². The van der Waals surface area contributed by atoms with Gasteiger partial charge in [-0.15, -0.1) is 0 Å². The molecule has 0 aliphatic carbocycles. The minimum atomic E-state index is -1.42. The number of carbonyl (C=O) groups is 1. The fourth-order valence-corrected chi connectivity index (χ4v) is 4.51. The van der Waals surface area contributed by atoms with Crippen LogP contribution in [0.5, 0.6) is 5.75 Å². The molecule has 3 aromatic carbocycles. The third-order valence-electron chi connectivity index (χ3n) is 6.54. The van der Waals surface area contributed by atoms with E-state index in [0.29, 0.717) is 30.0 Å². The van der Waals surface area contributed by atoms with Crippen molar-refractivity contribution in [2.24, 2.45) is 5.73 Å². The van der Waals surface area contributed by atoms with Gasteiger partial charge in [-0.05, 0) is 60.2 Å². The van der Waals surface area contributed by atoms with Crippen molar-refractivity contribution >= 4 is 17.6 Å². The molecular formula is C30H36ClNO8. The molecule has 10 heteroatoms. The summed E-state index contributed by atoms with van der Waals surface area (Å²) < 4.78 is 11.1. The first-order valence-corrected chi connectivity index (χ1v) is 13.3. The average Bonchev–Trinajstić information content (AvgIpc) is 2.95. The van der Waals surface area contributed by atoms with Gasteiger partial charge in [0.1, 0.15) is 42.3 Å². The molecule has 0 amide bonds. The largest absolute Gasteiger partial charge is 0.494 e. The standard InChI is InChI=1S/C21H25ClO6.C9H11NO2/c1-2-27-15-6-3-12(4-7-15)9-14-10-13(5-8-16(14)22)21-20(26)19(25)18(24)17(11-23)28-21;10-8(9(11)12)6-7-4-2-1-3-5-7/h3-8,10,17-21,23-26H,2,9,11H2,1H3;1-5,8H,6,10H2,(H,11,12)/t17-,18-,19+,20-,21+;8-/m10/s1. The van der Waals surface area contributed by atoms with E-state index in [2.05, 4.69) is 0 Å². The summed E-state index contributed by atoms with van der Waals surface area (Å²) in [7, 11) is 0. The Morgan fingerprint density at radius 1 is 0.975 bits per heavy atom. The lowest BCUT2D eigenvalue weighted by Crippen LogP contribution is -2.55. The summed E-state index contributed by atoms with van der Waals surface area (Å²) in [4.78, 5) is 10.4. The Balaban J connectivity index is 0.000000307. The summed E-state index contributed by atoms with van der Waals surface area (Å²) in [6, 6.07) is 21.5. The lowest BCUT2D eigenvalue weighted by atomic mass is 9.90. The van der Waals surface area contributed by atoms with E-state index in [0.717, 1.165) is 22.4 Å². The first-order chi connectivity index (χ1) is 19.1. The van der Waals surface area contributed by atoms with Gasteiger partial charge < -0.3 is 40.7 Å². The molecule has 1 heterocycles. The maximum atomic E-state index is 10.4. The predicted molar refractivity (Wildman–Crippen MR) is 150 cm³/mol. The van der Waals surface area contributed by atoms with Gasteiger partial charge in [-0.3, -0.25) is 4.79 Å². The van der Waals surface area contributed by atoms with E-state index >= 15 is 0 Å². The fourth-order valence-electron chi connectivity index (χ4n) is 4.33. The quantitative estimate of drug-likeness (QED) is 0.226. The van der Waals surface area contributed by atoms with E-state index in [-0.39, 0.29) is 0 Å². The summed E-state index contributed by atoms with van der Waals surface area (Å²) >= 11 is 6.35. The second kappa shape index (κ2) is 15.1. The lowest BCUT2D eigenvalue weighted by Gasteiger charge is -2.40. The highest BCUT2D eigenvalue weighted by Crippen LogP contribution is 2.34. The summed E-state index contributed by atoms with van der Waals surface area (Å²) in [5.74, 6) is -0.161. The van der Waals surface area contributed by atoms with Gasteiger partial charge in [0, 0.05) is 5.02 Å². The Bertz CT molecular complexity index is 1210. The molecule has 0 unspecified atom stereocenters. The molecule has 3 aromatic rings. The number of hydrogen-bond donors (Lipinski definition) is 6. The van der Waals surface area contributed by atoms with Gasteiger partial charge >= 0.3 is 5.97 Å². The van der Waals surface area contributed by atoms with Crippen molar-refractivity contribution in [2.45, 2.75) is 56.3 Å². The second-order valence-electron chi connectivity index (χ2n) is 9.49. The molecule has 0 spiro atoms. The highest BCUT2D eigenvalue weighted by molar-refractivity contribution is 6.31. The van der Waals surface area contributed by atoms with Crippen LogP contribution in [0.3, 0.4) is 0 Å². The third-order valence-corrected chi connectivity index (χ3v) is 6.90. The fraction of sp³-hybridized carbons (Fsp3) is 0.367. The Labute approximate surface area is 238 Å². The number of benzene rings is 3. The van der Waals surface area contributed by atoms with Crippen molar-refractivity contribution in [1.82, 2.24) is 0 Å². The first-order valence-electron chi connectivity index (χ1n) is 13.0. The van der Waals surface area contributed by atoms with Crippen LogP contribution >= 0.6 is 11.6 Å². The van der Waals surface area contributed by atoms with E-state index in [1.807, 2.05) is 67.6 Å². The molecule has 6 atom stereocenters. The number of nitrogens with two attached hydrogens (primary N) is 1. The molecule has 4 rings (SSSR count). The Kier molecular flexibility index (Phi) is 11.9. The van der Waals surface area contributed by atoms with E-state index in [1.165, 1.54) is 0 Å². The van der Waals surface area contributed by atoms with Crippen LogP contribution in [0.25, 0.3) is 0 Å². The smallest absolute Gasteiger partial charge is 0.320 e. The zero-order valence-electron chi connectivity index (χ0n) is 22.1. The van der Waals surface area contributed by atoms with Gasteiger partial charge in [0.25, 0.3) is 0 Å². The summed E-state index contributed by atoms with van der Waals surface area (Å²) in [6.45, 7) is 2.07. The van der Waals surface area contributed by atoms with E-state index < -0.39 is 49.1 Å². The maximum absolute atomic E-state index is 10.4. The van der Waals surface area contributed by atoms with Crippen molar-refractivity contribution in [3.63, 3.8) is 0 Å². The van der Waals surface area contributed by atoms with Crippen molar-refractivity contribution < 1.29 is 39.8 Å². The first kappa shape index (κ1) is 31.5. The minimum Gasteiger partial charge on any atom is -0.494 e. The van der Waals surface area contributed by atoms with Crippen LogP contribution in [0.4, 0.5) is 0 Å². The van der Waals surface area contributed by atoms with Gasteiger partial charge in [0.05, 0.1) is 13.2 Å². The van der Waals surface area contributed by atoms with Crippen molar-refractivity contribution in [3.05, 3.63) is 100 Å². The molecule has 216 valence electrons. The van der Waals surface area contributed by atoms with Crippen LogP contribution in [0.2, 0.25) is 5.02 Å². The van der Waals surface area contributed by atoms with Crippen LogP contribution < -0.4 is 10.5 Å². The van der Waals surface area contributed by atoms with Crippen LogP contribution in [0, 0.1) is 0 Å².